The van der Waals surface area contributed by atoms with Crippen LogP contribution in [0.4, 0.5) is 0 Å². The molecule has 0 N–H and O–H groups in total. The number of para-hydroxylation sites is 2. The number of benzene rings is 9. The Balaban J connectivity index is 1.04. The van der Waals surface area contributed by atoms with Gasteiger partial charge in [-0.2, -0.15) is 9.97 Å². The van der Waals surface area contributed by atoms with Crippen LogP contribution in [-0.4, -0.2) is 34.1 Å². The lowest BCUT2D eigenvalue weighted by molar-refractivity contribution is 0.942. The first kappa shape index (κ1) is 39.1. The van der Waals surface area contributed by atoms with E-state index in [1.165, 1.54) is 21.8 Å². The fraction of sp³-hybridized carbons (Fsp3) is 0. The van der Waals surface area contributed by atoms with E-state index in [4.69, 9.17) is 24.9 Å². The molecule has 0 saturated heterocycles. The van der Waals surface area contributed by atoms with Crippen LogP contribution in [0.5, 0.6) is 0 Å². The third-order valence-corrected chi connectivity index (χ3v) is 12.8. The molecule has 0 saturated carbocycles. The SMILES string of the molecule is c1ccc(-c2nc(-c3ccccc3)nc(-n3c4ccc(-c5cccc(-c6ccc7c(c6)c6ccccc6n7-c6ccccc6)c5)cc4c4c(-c5ccccc5)nc(-c5ccccc5)nc43)n2)cc1. The maximum absolute atomic E-state index is 5.42. The van der Waals surface area contributed by atoms with Crippen LogP contribution in [0.15, 0.2) is 237 Å². The molecule has 318 valence electrons. The Morgan fingerprint density at radius 3 is 1.29 bits per heavy atom. The number of hydrogen-bond acceptors (Lipinski definition) is 5. The molecule has 0 unspecified atom stereocenters. The first-order valence-electron chi connectivity index (χ1n) is 22.8. The van der Waals surface area contributed by atoms with Gasteiger partial charge in [-0.15, -0.1) is 0 Å². The Morgan fingerprint density at radius 1 is 0.265 bits per heavy atom. The zero-order valence-electron chi connectivity index (χ0n) is 36.6. The number of rotatable bonds is 8. The highest BCUT2D eigenvalue weighted by Gasteiger charge is 2.24. The van der Waals surface area contributed by atoms with Gasteiger partial charge in [0.2, 0.25) is 5.95 Å². The van der Waals surface area contributed by atoms with Gasteiger partial charge < -0.3 is 4.57 Å². The monoisotopic (exact) mass is 869 g/mol. The van der Waals surface area contributed by atoms with Crippen molar-refractivity contribution in [2.24, 2.45) is 0 Å². The van der Waals surface area contributed by atoms with Crippen molar-refractivity contribution in [3.05, 3.63) is 237 Å². The molecule has 0 radical (unpaired) electrons. The van der Waals surface area contributed by atoms with Crippen molar-refractivity contribution in [2.75, 3.05) is 0 Å². The summed E-state index contributed by atoms with van der Waals surface area (Å²) in [7, 11) is 0. The van der Waals surface area contributed by atoms with Gasteiger partial charge in [-0.1, -0.05) is 188 Å². The molecule has 4 heterocycles. The van der Waals surface area contributed by atoms with Crippen molar-refractivity contribution in [1.29, 1.82) is 0 Å². The topological polar surface area (TPSA) is 74.3 Å². The summed E-state index contributed by atoms with van der Waals surface area (Å²) >= 11 is 0. The van der Waals surface area contributed by atoms with Crippen molar-refractivity contribution < 1.29 is 0 Å². The molecule has 0 bridgehead atoms. The summed E-state index contributed by atoms with van der Waals surface area (Å²) in [5.74, 6) is 2.22. The largest absolute Gasteiger partial charge is 0.309 e. The fourth-order valence-electron chi connectivity index (χ4n) is 9.59. The second-order valence-corrected chi connectivity index (χ2v) is 16.9. The average Bonchev–Trinajstić information content (AvgIpc) is 3.94. The smallest absolute Gasteiger partial charge is 0.240 e. The molecule has 13 rings (SSSR count). The van der Waals surface area contributed by atoms with Gasteiger partial charge in [-0.05, 0) is 70.8 Å². The van der Waals surface area contributed by atoms with E-state index in [1.54, 1.807) is 0 Å². The molecular formula is C61H39N7. The summed E-state index contributed by atoms with van der Waals surface area (Å²) in [6, 6.07) is 82.3. The van der Waals surface area contributed by atoms with Gasteiger partial charge in [0.15, 0.2) is 23.1 Å². The van der Waals surface area contributed by atoms with E-state index in [0.717, 1.165) is 72.2 Å². The third kappa shape index (κ3) is 6.72. The maximum atomic E-state index is 5.42. The molecule has 0 amide bonds. The number of fused-ring (bicyclic) bond motifs is 6. The molecule has 13 aromatic rings. The lowest BCUT2D eigenvalue weighted by Gasteiger charge is -2.12. The molecule has 0 aliphatic rings. The van der Waals surface area contributed by atoms with Crippen molar-refractivity contribution in [2.45, 2.75) is 0 Å². The predicted octanol–water partition coefficient (Wildman–Crippen LogP) is 14.9. The summed E-state index contributed by atoms with van der Waals surface area (Å²) in [6.45, 7) is 0. The molecule has 0 atom stereocenters. The van der Waals surface area contributed by atoms with Gasteiger partial charge in [0.1, 0.15) is 0 Å². The molecule has 7 nitrogen and oxygen atoms in total. The van der Waals surface area contributed by atoms with Crippen LogP contribution < -0.4 is 0 Å². The Hall–Kier alpha value is -9.33. The Labute approximate surface area is 392 Å². The second kappa shape index (κ2) is 16.3. The van der Waals surface area contributed by atoms with Gasteiger partial charge in [0, 0.05) is 44.1 Å². The van der Waals surface area contributed by atoms with Crippen LogP contribution in [-0.2, 0) is 0 Å². The Morgan fingerprint density at radius 2 is 0.706 bits per heavy atom. The summed E-state index contributed by atoms with van der Waals surface area (Å²) in [6.07, 6.45) is 0. The van der Waals surface area contributed by atoms with Crippen molar-refractivity contribution in [3.63, 3.8) is 0 Å². The quantitative estimate of drug-likeness (QED) is 0.152. The minimum atomic E-state index is 0.466. The Bertz CT molecular complexity index is 3940. The van der Waals surface area contributed by atoms with Crippen LogP contribution in [0, 0.1) is 0 Å². The van der Waals surface area contributed by atoms with Gasteiger partial charge >= 0.3 is 0 Å². The predicted molar refractivity (Wildman–Crippen MR) is 277 cm³/mol. The van der Waals surface area contributed by atoms with Crippen LogP contribution in [0.2, 0.25) is 0 Å². The molecule has 0 spiro atoms. The Kier molecular flexibility index (Phi) is 9.35. The molecular weight excluding hydrogens is 831 g/mol. The highest BCUT2D eigenvalue weighted by Crippen LogP contribution is 2.41. The molecule has 0 aliphatic heterocycles. The van der Waals surface area contributed by atoms with Crippen molar-refractivity contribution in [3.8, 4) is 79.3 Å². The molecule has 9 aromatic carbocycles. The zero-order valence-corrected chi connectivity index (χ0v) is 36.6. The minimum absolute atomic E-state index is 0.466. The average molecular weight is 870 g/mol. The zero-order chi connectivity index (χ0) is 45.0. The van der Waals surface area contributed by atoms with Crippen molar-refractivity contribution >= 4 is 43.7 Å². The lowest BCUT2D eigenvalue weighted by atomic mass is 9.96. The minimum Gasteiger partial charge on any atom is -0.309 e. The van der Waals surface area contributed by atoms with Crippen LogP contribution in [0.1, 0.15) is 0 Å². The van der Waals surface area contributed by atoms with Gasteiger partial charge in [0.25, 0.3) is 0 Å². The standard InChI is InChI=1S/C61H39N7/c1-6-19-40(20-7-1)56-55-51-39-47(45-28-18-27-44(37-45)46-33-35-53-50(38-46)49-31-16-17-32-52(49)67(53)48-29-14-5-15-30-48)34-36-54(51)68(60(55)64-57(62-56)41-21-8-2-9-22-41)61-65-58(42-23-10-3-11-24-42)63-59(66-61)43-25-12-4-13-26-43/h1-39H. The fourth-order valence-corrected chi connectivity index (χ4v) is 9.59. The first-order valence-corrected chi connectivity index (χ1v) is 22.8. The van der Waals surface area contributed by atoms with E-state index >= 15 is 0 Å². The maximum Gasteiger partial charge on any atom is 0.240 e. The van der Waals surface area contributed by atoms with E-state index in [9.17, 15) is 0 Å². The molecule has 0 aliphatic carbocycles. The summed E-state index contributed by atoms with van der Waals surface area (Å²) in [5, 5.41) is 4.34. The van der Waals surface area contributed by atoms with E-state index in [2.05, 4.69) is 161 Å². The van der Waals surface area contributed by atoms with E-state index in [0.29, 0.717) is 29.1 Å². The summed E-state index contributed by atoms with van der Waals surface area (Å²) < 4.78 is 4.45. The molecule has 4 aromatic heterocycles. The van der Waals surface area contributed by atoms with Crippen LogP contribution >= 0.6 is 0 Å². The molecule has 7 heteroatoms. The summed E-state index contributed by atoms with van der Waals surface area (Å²) in [4.78, 5) is 26.3. The normalized spacial score (nSPS) is 11.5. The highest BCUT2D eigenvalue weighted by atomic mass is 15.2. The molecule has 68 heavy (non-hydrogen) atoms. The third-order valence-electron chi connectivity index (χ3n) is 12.8. The number of hydrogen-bond donors (Lipinski definition) is 0. The van der Waals surface area contributed by atoms with Crippen molar-refractivity contribution in [1.82, 2.24) is 34.1 Å². The van der Waals surface area contributed by atoms with Gasteiger partial charge in [-0.3, -0.25) is 4.57 Å². The van der Waals surface area contributed by atoms with Crippen LogP contribution in [0.3, 0.4) is 0 Å². The van der Waals surface area contributed by atoms with E-state index in [-0.39, 0.29) is 0 Å². The summed E-state index contributed by atoms with van der Waals surface area (Å²) in [5.41, 5.74) is 14.1. The highest BCUT2D eigenvalue weighted by molar-refractivity contribution is 6.15. The second-order valence-electron chi connectivity index (χ2n) is 16.9. The number of aromatic nitrogens is 7. The molecule has 0 fully saturated rings. The first-order chi connectivity index (χ1) is 33.7. The van der Waals surface area contributed by atoms with Crippen LogP contribution in [0.25, 0.3) is 123 Å². The number of nitrogens with zero attached hydrogens (tertiary/aromatic N) is 7. The van der Waals surface area contributed by atoms with Gasteiger partial charge in [-0.25, -0.2) is 15.0 Å². The van der Waals surface area contributed by atoms with E-state index in [1.807, 2.05) is 84.9 Å². The van der Waals surface area contributed by atoms with E-state index < -0.39 is 0 Å². The lowest BCUT2D eigenvalue weighted by Crippen LogP contribution is -2.07. The van der Waals surface area contributed by atoms with Gasteiger partial charge in [0.05, 0.1) is 27.6 Å².